The van der Waals surface area contributed by atoms with Crippen molar-refractivity contribution in [2.45, 2.75) is 51.1 Å². The van der Waals surface area contributed by atoms with Crippen LogP contribution >= 0.6 is 0 Å². The van der Waals surface area contributed by atoms with Gasteiger partial charge in [0.05, 0.1) is 5.92 Å². The van der Waals surface area contributed by atoms with Crippen LogP contribution in [0, 0.1) is 5.92 Å². The molecule has 2 unspecified atom stereocenters. The molecule has 6 nitrogen and oxygen atoms in total. The third kappa shape index (κ3) is 5.46. The second kappa shape index (κ2) is 9.03. The molecule has 3 N–H and O–H groups in total. The lowest BCUT2D eigenvalue weighted by atomic mass is 9.94. The van der Waals surface area contributed by atoms with E-state index in [4.69, 9.17) is 5.11 Å². The lowest BCUT2D eigenvalue weighted by Crippen LogP contribution is -2.54. The minimum Gasteiger partial charge on any atom is -0.481 e. The van der Waals surface area contributed by atoms with Gasteiger partial charge < -0.3 is 20.6 Å². The molecule has 0 aromatic heterocycles. The number of nitrogens with one attached hydrogen (secondary N) is 2. The van der Waals surface area contributed by atoms with Gasteiger partial charge >= 0.3 is 12.0 Å². The highest BCUT2D eigenvalue weighted by atomic mass is 16.4. The van der Waals surface area contributed by atoms with Gasteiger partial charge in [0.25, 0.3) is 0 Å². The number of carboxylic acids is 1. The van der Waals surface area contributed by atoms with E-state index in [2.05, 4.69) is 29.7 Å². The Morgan fingerprint density at radius 3 is 2.38 bits per heavy atom. The van der Waals surface area contributed by atoms with Gasteiger partial charge in [0.2, 0.25) is 0 Å². The highest BCUT2D eigenvalue weighted by molar-refractivity contribution is 5.75. The fourth-order valence-corrected chi connectivity index (χ4v) is 3.66. The molecule has 1 aliphatic carbocycles. The van der Waals surface area contributed by atoms with Gasteiger partial charge in [0, 0.05) is 31.7 Å². The predicted molar refractivity (Wildman–Crippen MR) is 102 cm³/mol. The highest BCUT2D eigenvalue weighted by Crippen LogP contribution is 2.31. The normalized spacial score (nSPS) is 18.1. The summed E-state index contributed by atoms with van der Waals surface area (Å²) >= 11 is 0. The minimum atomic E-state index is -0.893. The largest absolute Gasteiger partial charge is 0.481 e. The van der Waals surface area contributed by atoms with Crippen molar-refractivity contribution in [3.8, 4) is 0 Å². The number of nitrogens with zero attached hydrogens (tertiary/aromatic N) is 1. The number of carboxylic acid groups (broad SMARTS) is 1. The number of benzene rings is 1. The zero-order valence-corrected chi connectivity index (χ0v) is 16.0. The van der Waals surface area contributed by atoms with Gasteiger partial charge in [0.15, 0.2) is 0 Å². The third-order valence-electron chi connectivity index (χ3n) is 5.28. The molecule has 0 heterocycles. The first-order valence-corrected chi connectivity index (χ1v) is 9.37. The first kappa shape index (κ1) is 20.2. The van der Waals surface area contributed by atoms with Crippen LogP contribution in [0.1, 0.15) is 51.1 Å². The summed E-state index contributed by atoms with van der Waals surface area (Å²) in [7, 11) is 1.64. The smallest absolute Gasteiger partial charge is 0.317 e. The quantitative estimate of drug-likeness (QED) is 0.665. The number of aliphatic carboxylic acids is 1. The van der Waals surface area contributed by atoms with Crippen LogP contribution in [0.5, 0.6) is 0 Å². The van der Waals surface area contributed by atoms with Crippen LogP contribution in [0.25, 0.3) is 0 Å². The van der Waals surface area contributed by atoms with E-state index in [9.17, 15) is 9.59 Å². The average molecular weight is 361 g/mol. The first-order valence-electron chi connectivity index (χ1n) is 9.37. The Kier molecular flexibility index (Phi) is 7.03. The standard InChI is InChI=1S/C20H31N3O3/c1-15(18(24)25)13-23(3)19(26)21-14-20(11-7-8-12-20)22-16(2)17-9-5-4-6-10-17/h4-6,9-10,15-16,22H,7-8,11-14H2,1-3H3,(H,21,26)(H,24,25). The van der Waals surface area contributed by atoms with Crippen LogP contribution in [0.3, 0.4) is 0 Å². The molecule has 0 spiro atoms. The third-order valence-corrected chi connectivity index (χ3v) is 5.28. The van der Waals surface area contributed by atoms with Crippen LogP contribution in [0.2, 0.25) is 0 Å². The maximum Gasteiger partial charge on any atom is 0.317 e. The summed E-state index contributed by atoms with van der Waals surface area (Å²) in [5, 5.41) is 15.7. The summed E-state index contributed by atoms with van der Waals surface area (Å²) in [4.78, 5) is 24.8. The van der Waals surface area contributed by atoms with Gasteiger partial charge in [-0.25, -0.2) is 4.79 Å². The van der Waals surface area contributed by atoms with E-state index >= 15 is 0 Å². The number of urea groups is 1. The Morgan fingerprint density at radius 1 is 1.19 bits per heavy atom. The van der Waals surface area contributed by atoms with E-state index in [0.717, 1.165) is 25.7 Å². The highest BCUT2D eigenvalue weighted by Gasteiger charge is 2.35. The van der Waals surface area contributed by atoms with Crippen molar-refractivity contribution in [1.29, 1.82) is 0 Å². The fraction of sp³-hybridized carbons (Fsp3) is 0.600. The van der Waals surface area contributed by atoms with Crippen LogP contribution in [0.4, 0.5) is 4.79 Å². The Labute approximate surface area is 156 Å². The molecule has 1 fully saturated rings. The molecular formula is C20H31N3O3. The molecular weight excluding hydrogens is 330 g/mol. The van der Waals surface area contributed by atoms with Crippen molar-refractivity contribution in [1.82, 2.24) is 15.5 Å². The lowest BCUT2D eigenvalue weighted by molar-refractivity contribution is -0.141. The molecule has 26 heavy (non-hydrogen) atoms. The molecule has 1 aromatic carbocycles. The van der Waals surface area contributed by atoms with Gasteiger partial charge in [-0.15, -0.1) is 0 Å². The molecule has 1 saturated carbocycles. The van der Waals surface area contributed by atoms with E-state index < -0.39 is 11.9 Å². The SMILES string of the molecule is CC(CN(C)C(=O)NCC1(NC(C)c2ccccc2)CCCC1)C(=O)O. The predicted octanol–water partition coefficient (Wildman–Crippen LogP) is 3.01. The average Bonchev–Trinajstić information content (AvgIpc) is 3.08. The van der Waals surface area contributed by atoms with E-state index in [1.165, 1.54) is 10.5 Å². The molecule has 0 aliphatic heterocycles. The topological polar surface area (TPSA) is 81.7 Å². The Hall–Kier alpha value is -2.08. The second-order valence-electron chi connectivity index (χ2n) is 7.54. The summed E-state index contributed by atoms with van der Waals surface area (Å²) in [5.74, 6) is -1.47. The molecule has 2 rings (SSSR count). The summed E-state index contributed by atoms with van der Waals surface area (Å²) in [6.45, 7) is 4.50. The second-order valence-corrected chi connectivity index (χ2v) is 7.54. The molecule has 1 aliphatic rings. The molecule has 0 saturated heterocycles. The lowest BCUT2D eigenvalue weighted by Gasteiger charge is -2.35. The number of amides is 2. The molecule has 1 aromatic rings. The Bertz CT molecular complexity index is 600. The first-order chi connectivity index (χ1) is 12.3. The molecule has 6 heteroatoms. The molecule has 2 atom stereocenters. The van der Waals surface area contributed by atoms with Crippen molar-refractivity contribution >= 4 is 12.0 Å². The molecule has 144 valence electrons. The van der Waals surface area contributed by atoms with Crippen LogP contribution in [0.15, 0.2) is 30.3 Å². The van der Waals surface area contributed by atoms with Gasteiger partial charge in [-0.3, -0.25) is 4.79 Å². The van der Waals surface area contributed by atoms with E-state index in [1.807, 2.05) is 18.2 Å². The molecule has 2 amide bonds. The van der Waals surface area contributed by atoms with Gasteiger partial charge in [-0.2, -0.15) is 0 Å². The minimum absolute atomic E-state index is 0.107. The summed E-state index contributed by atoms with van der Waals surface area (Å²) < 4.78 is 0. The van der Waals surface area contributed by atoms with Crippen molar-refractivity contribution in [3.05, 3.63) is 35.9 Å². The maximum absolute atomic E-state index is 12.3. The van der Waals surface area contributed by atoms with E-state index in [1.54, 1.807) is 14.0 Å². The van der Waals surface area contributed by atoms with E-state index in [0.29, 0.717) is 6.54 Å². The number of hydrogen-bond acceptors (Lipinski definition) is 3. The van der Waals surface area contributed by atoms with E-state index in [-0.39, 0.29) is 24.2 Å². The van der Waals surface area contributed by atoms with Crippen molar-refractivity contribution in [2.24, 2.45) is 5.92 Å². The summed E-state index contributed by atoms with van der Waals surface area (Å²) in [6.07, 6.45) is 4.35. The molecule has 0 bridgehead atoms. The number of hydrogen-bond donors (Lipinski definition) is 3. The zero-order valence-electron chi connectivity index (χ0n) is 16.0. The molecule has 0 radical (unpaired) electrons. The monoisotopic (exact) mass is 361 g/mol. The van der Waals surface area contributed by atoms with Gasteiger partial charge in [-0.1, -0.05) is 50.1 Å². The van der Waals surface area contributed by atoms with Crippen molar-refractivity contribution in [3.63, 3.8) is 0 Å². The van der Waals surface area contributed by atoms with Crippen molar-refractivity contribution < 1.29 is 14.7 Å². The Morgan fingerprint density at radius 2 is 1.81 bits per heavy atom. The van der Waals surface area contributed by atoms with Crippen LogP contribution in [-0.4, -0.2) is 47.7 Å². The summed E-state index contributed by atoms with van der Waals surface area (Å²) in [5.41, 5.74) is 1.13. The van der Waals surface area contributed by atoms with Crippen LogP contribution < -0.4 is 10.6 Å². The number of carbonyl (C=O) groups is 2. The Balaban J connectivity index is 1.93. The van der Waals surface area contributed by atoms with Crippen LogP contribution in [-0.2, 0) is 4.79 Å². The fourth-order valence-electron chi connectivity index (χ4n) is 3.66. The summed E-state index contributed by atoms with van der Waals surface area (Å²) in [6, 6.07) is 10.3. The van der Waals surface area contributed by atoms with Gasteiger partial charge in [0.1, 0.15) is 0 Å². The van der Waals surface area contributed by atoms with Crippen molar-refractivity contribution in [2.75, 3.05) is 20.1 Å². The zero-order chi connectivity index (χ0) is 19.2. The maximum atomic E-state index is 12.3. The number of carbonyl (C=O) groups excluding carboxylic acids is 1. The number of rotatable bonds is 8. The van der Waals surface area contributed by atoms with Gasteiger partial charge in [-0.05, 0) is 25.3 Å².